The maximum Gasteiger partial charge on any atom is 0.306 e. The first-order valence-electron chi connectivity index (χ1n) is 22.1. The zero-order valence-electron chi connectivity index (χ0n) is 34.8. The average molecular weight is 743 g/mol. The smallest absolute Gasteiger partial charge is 0.306 e. The molecule has 0 N–H and O–H groups in total. The van der Waals surface area contributed by atoms with Gasteiger partial charge in [-0.05, 0) is 57.8 Å². The van der Waals surface area contributed by atoms with Gasteiger partial charge in [-0.25, -0.2) is 0 Å². The summed E-state index contributed by atoms with van der Waals surface area (Å²) in [6.07, 6.45) is 48.1. The van der Waals surface area contributed by atoms with Gasteiger partial charge in [0.25, 0.3) is 0 Å². The summed E-state index contributed by atoms with van der Waals surface area (Å²) in [7, 11) is 0. The van der Waals surface area contributed by atoms with Gasteiger partial charge in [-0.3, -0.25) is 14.4 Å². The van der Waals surface area contributed by atoms with Crippen LogP contribution < -0.4 is 0 Å². The molecule has 0 aliphatic rings. The summed E-state index contributed by atoms with van der Waals surface area (Å²) < 4.78 is 16.6. The van der Waals surface area contributed by atoms with E-state index in [0.717, 1.165) is 96.3 Å². The number of carbonyl (C=O) groups excluding carboxylic acids is 3. The number of unbranched alkanes of at least 4 members (excludes halogenated alkanes) is 20. The molecule has 0 aliphatic carbocycles. The SMILES string of the molecule is CC/C=C\C/C=C\C/C=C\C/C=C\CCCCCCC(=O)OCC(COC(=O)CCCCCCCCCCC)OC(=O)CCCCCCCCCCC. The van der Waals surface area contributed by atoms with E-state index in [-0.39, 0.29) is 31.1 Å². The first-order chi connectivity index (χ1) is 26.0. The molecule has 0 spiro atoms. The second kappa shape index (κ2) is 42.1. The van der Waals surface area contributed by atoms with Gasteiger partial charge in [-0.15, -0.1) is 0 Å². The molecule has 0 radical (unpaired) electrons. The number of rotatable bonds is 39. The van der Waals surface area contributed by atoms with Crippen LogP contribution in [-0.4, -0.2) is 37.2 Å². The van der Waals surface area contributed by atoms with Crippen molar-refractivity contribution in [1.29, 1.82) is 0 Å². The van der Waals surface area contributed by atoms with Crippen LogP contribution in [0.1, 0.15) is 213 Å². The molecule has 6 nitrogen and oxygen atoms in total. The molecule has 0 saturated heterocycles. The second-order valence-electron chi connectivity index (χ2n) is 14.6. The number of ether oxygens (including phenoxy) is 3. The largest absolute Gasteiger partial charge is 0.462 e. The summed E-state index contributed by atoms with van der Waals surface area (Å²) in [5.41, 5.74) is 0. The first kappa shape index (κ1) is 50.4. The molecular formula is C47H82O6. The van der Waals surface area contributed by atoms with Crippen molar-refractivity contribution in [3.8, 4) is 0 Å². The molecule has 0 fully saturated rings. The molecule has 53 heavy (non-hydrogen) atoms. The first-order valence-corrected chi connectivity index (χ1v) is 22.1. The molecule has 0 aromatic carbocycles. The predicted molar refractivity (Wildman–Crippen MR) is 224 cm³/mol. The number of allylic oxidation sites excluding steroid dienone is 8. The average Bonchev–Trinajstić information content (AvgIpc) is 3.15. The summed E-state index contributed by atoms with van der Waals surface area (Å²) in [6.45, 7) is 6.45. The number of esters is 3. The van der Waals surface area contributed by atoms with E-state index in [2.05, 4.69) is 69.4 Å². The van der Waals surface area contributed by atoms with Gasteiger partial charge in [-0.1, -0.05) is 185 Å². The minimum absolute atomic E-state index is 0.0790. The van der Waals surface area contributed by atoms with Crippen molar-refractivity contribution in [1.82, 2.24) is 0 Å². The predicted octanol–water partition coefficient (Wildman–Crippen LogP) is 14.0. The van der Waals surface area contributed by atoms with Crippen LogP contribution in [0.2, 0.25) is 0 Å². The van der Waals surface area contributed by atoms with Crippen molar-refractivity contribution in [3.63, 3.8) is 0 Å². The quantitative estimate of drug-likeness (QED) is 0.0270. The highest BCUT2D eigenvalue weighted by atomic mass is 16.6. The summed E-state index contributed by atoms with van der Waals surface area (Å²) in [5, 5.41) is 0. The molecule has 6 heteroatoms. The lowest BCUT2D eigenvalue weighted by Crippen LogP contribution is -2.30. The van der Waals surface area contributed by atoms with Crippen LogP contribution in [0.4, 0.5) is 0 Å². The Bertz CT molecular complexity index is 949. The van der Waals surface area contributed by atoms with E-state index in [1.165, 1.54) is 77.0 Å². The molecule has 1 unspecified atom stereocenters. The fourth-order valence-corrected chi connectivity index (χ4v) is 6.02. The summed E-state index contributed by atoms with van der Waals surface area (Å²) in [6, 6.07) is 0. The highest BCUT2D eigenvalue weighted by Crippen LogP contribution is 2.14. The lowest BCUT2D eigenvalue weighted by molar-refractivity contribution is -0.167. The van der Waals surface area contributed by atoms with Gasteiger partial charge in [0.05, 0.1) is 0 Å². The molecular weight excluding hydrogens is 661 g/mol. The maximum absolute atomic E-state index is 12.6. The Kier molecular flexibility index (Phi) is 40.0. The highest BCUT2D eigenvalue weighted by Gasteiger charge is 2.19. The molecule has 0 aliphatic heterocycles. The van der Waals surface area contributed by atoms with Crippen molar-refractivity contribution in [2.75, 3.05) is 13.2 Å². The Morgan fingerprint density at radius 2 is 0.736 bits per heavy atom. The zero-order chi connectivity index (χ0) is 38.7. The lowest BCUT2D eigenvalue weighted by atomic mass is 10.1. The molecule has 0 rings (SSSR count). The summed E-state index contributed by atoms with van der Waals surface area (Å²) in [4.78, 5) is 37.6. The third-order valence-electron chi connectivity index (χ3n) is 9.35. The monoisotopic (exact) mass is 743 g/mol. The van der Waals surface area contributed by atoms with Crippen LogP contribution in [-0.2, 0) is 28.6 Å². The van der Waals surface area contributed by atoms with Gasteiger partial charge in [0.2, 0.25) is 0 Å². The Balaban J connectivity index is 4.35. The number of carbonyl (C=O) groups is 3. The third-order valence-corrected chi connectivity index (χ3v) is 9.35. The summed E-state index contributed by atoms with van der Waals surface area (Å²) >= 11 is 0. The minimum Gasteiger partial charge on any atom is -0.462 e. The molecule has 0 aromatic heterocycles. The second-order valence-corrected chi connectivity index (χ2v) is 14.6. The Labute approximate surface area is 327 Å². The topological polar surface area (TPSA) is 78.9 Å². The Hall–Kier alpha value is -2.63. The van der Waals surface area contributed by atoms with Crippen molar-refractivity contribution >= 4 is 17.9 Å². The van der Waals surface area contributed by atoms with Crippen LogP contribution in [0.3, 0.4) is 0 Å². The normalized spacial score (nSPS) is 12.4. The van der Waals surface area contributed by atoms with Crippen LogP contribution >= 0.6 is 0 Å². The van der Waals surface area contributed by atoms with Crippen molar-refractivity contribution in [2.45, 2.75) is 219 Å². The third kappa shape index (κ3) is 40.4. The molecule has 306 valence electrons. The van der Waals surface area contributed by atoms with Crippen molar-refractivity contribution in [2.24, 2.45) is 0 Å². The van der Waals surface area contributed by atoms with Crippen molar-refractivity contribution < 1.29 is 28.6 Å². The molecule has 1 atom stereocenters. The summed E-state index contributed by atoms with van der Waals surface area (Å²) in [5.74, 6) is -0.910. The molecule has 0 aromatic rings. The van der Waals surface area contributed by atoms with Crippen LogP contribution in [0.15, 0.2) is 48.6 Å². The van der Waals surface area contributed by atoms with Crippen molar-refractivity contribution in [3.05, 3.63) is 48.6 Å². The Morgan fingerprint density at radius 3 is 1.15 bits per heavy atom. The molecule has 0 bridgehead atoms. The fourth-order valence-electron chi connectivity index (χ4n) is 6.02. The lowest BCUT2D eigenvalue weighted by Gasteiger charge is -2.18. The van der Waals surface area contributed by atoms with Gasteiger partial charge in [0.1, 0.15) is 13.2 Å². The van der Waals surface area contributed by atoms with Gasteiger partial charge in [0, 0.05) is 19.3 Å². The number of hydrogen-bond acceptors (Lipinski definition) is 6. The molecule has 0 heterocycles. The molecule has 0 amide bonds. The van der Waals surface area contributed by atoms with Gasteiger partial charge in [-0.2, -0.15) is 0 Å². The van der Waals surface area contributed by atoms with Crippen LogP contribution in [0.5, 0.6) is 0 Å². The van der Waals surface area contributed by atoms with E-state index in [0.29, 0.717) is 19.3 Å². The van der Waals surface area contributed by atoms with E-state index in [1.54, 1.807) is 0 Å². The molecule has 0 saturated carbocycles. The Morgan fingerprint density at radius 1 is 0.396 bits per heavy atom. The van der Waals surface area contributed by atoms with Gasteiger partial charge < -0.3 is 14.2 Å². The number of hydrogen-bond donors (Lipinski definition) is 0. The standard InChI is InChI=1S/C47H82O6/c1-4-7-10-13-16-19-20-21-22-23-24-25-26-29-31-34-37-40-46(49)52-43-44(53-47(50)41-38-35-32-28-18-15-12-9-6-3)42-51-45(48)39-36-33-30-27-17-14-11-8-5-2/h7,10,16,19,21-22,24-25,44H,4-6,8-9,11-15,17-18,20,23,26-43H2,1-3H3/b10-7-,19-16-,22-21-,25-24-. The van der Waals surface area contributed by atoms with E-state index in [4.69, 9.17) is 14.2 Å². The van der Waals surface area contributed by atoms with Gasteiger partial charge in [0.15, 0.2) is 6.10 Å². The van der Waals surface area contributed by atoms with Gasteiger partial charge >= 0.3 is 17.9 Å². The van der Waals surface area contributed by atoms with Crippen LogP contribution in [0, 0.1) is 0 Å². The zero-order valence-corrected chi connectivity index (χ0v) is 34.8. The maximum atomic E-state index is 12.6. The van der Waals surface area contributed by atoms with Crippen LogP contribution in [0.25, 0.3) is 0 Å². The van der Waals surface area contributed by atoms with E-state index < -0.39 is 6.10 Å². The van der Waals surface area contributed by atoms with E-state index >= 15 is 0 Å². The highest BCUT2D eigenvalue weighted by molar-refractivity contribution is 5.71. The minimum atomic E-state index is -0.775. The van der Waals surface area contributed by atoms with E-state index in [9.17, 15) is 14.4 Å². The fraction of sp³-hybridized carbons (Fsp3) is 0.766. The van der Waals surface area contributed by atoms with E-state index in [1.807, 2.05) is 0 Å².